The second-order valence-electron chi connectivity index (χ2n) is 6.51. The maximum atomic E-state index is 6.26. The zero-order valence-corrected chi connectivity index (χ0v) is 15.3. The molecule has 1 aliphatic rings. The van der Waals surface area contributed by atoms with Crippen molar-refractivity contribution in [1.29, 1.82) is 0 Å². The Kier molecular flexibility index (Phi) is 5.74. The largest absolute Gasteiger partial charge is 0.357 e. The third-order valence-corrected chi connectivity index (χ3v) is 5.11. The molecule has 1 aliphatic heterocycles. The Morgan fingerprint density at radius 2 is 1.88 bits per heavy atom. The number of nitrogens with one attached hydrogen (secondary N) is 1. The minimum Gasteiger partial charge on any atom is -0.357 e. The standard InChI is InChI=1S/C18H26ClN5/c1-14-16(18(19)23(2)22-14)13-20-11-15-7-8-17(21-12-15)24-9-5-3-4-6-10-24/h7-8,12,20H,3-6,9-11,13H2,1-2H3. The van der Waals surface area contributed by atoms with Crippen LogP contribution >= 0.6 is 11.6 Å². The predicted molar refractivity (Wildman–Crippen MR) is 98.4 cm³/mol. The van der Waals surface area contributed by atoms with E-state index in [4.69, 9.17) is 11.6 Å². The number of rotatable bonds is 5. The molecule has 130 valence electrons. The number of pyridine rings is 1. The van der Waals surface area contributed by atoms with Gasteiger partial charge in [0.05, 0.1) is 5.69 Å². The summed E-state index contributed by atoms with van der Waals surface area (Å²) < 4.78 is 1.71. The molecule has 2 aromatic rings. The summed E-state index contributed by atoms with van der Waals surface area (Å²) in [5.74, 6) is 1.10. The monoisotopic (exact) mass is 347 g/mol. The van der Waals surface area contributed by atoms with Gasteiger partial charge in [0.25, 0.3) is 0 Å². The summed E-state index contributed by atoms with van der Waals surface area (Å²) in [5.41, 5.74) is 3.23. The van der Waals surface area contributed by atoms with Crippen molar-refractivity contribution in [3.63, 3.8) is 0 Å². The van der Waals surface area contributed by atoms with Crippen LogP contribution in [-0.4, -0.2) is 27.9 Å². The van der Waals surface area contributed by atoms with Crippen LogP contribution in [0.2, 0.25) is 5.15 Å². The fourth-order valence-corrected chi connectivity index (χ4v) is 3.46. The molecule has 0 unspecified atom stereocenters. The van der Waals surface area contributed by atoms with E-state index in [9.17, 15) is 0 Å². The summed E-state index contributed by atoms with van der Waals surface area (Å²) >= 11 is 6.26. The Morgan fingerprint density at radius 3 is 2.46 bits per heavy atom. The maximum Gasteiger partial charge on any atom is 0.131 e. The van der Waals surface area contributed by atoms with Gasteiger partial charge in [0.15, 0.2) is 0 Å². The van der Waals surface area contributed by atoms with Crippen LogP contribution in [-0.2, 0) is 20.1 Å². The van der Waals surface area contributed by atoms with Gasteiger partial charge >= 0.3 is 0 Å². The van der Waals surface area contributed by atoms with Gasteiger partial charge in [0.2, 0.25) is 0 Å². The Balaban J connectivity index is 1.54. The molecule has 0 atom stereocenters. The van der Waals surface area contributed by atoms with E-state index in [2.05, 4.69) is 32.4 Å². The lowest BCUT2D eigenvalue weighted by Crippen LogP contribution is -2.24. The lowest BCUT2D eigenvalue weighted by Gasteiger charge is -2.21. The van der Waals surface area contributed by atoms with Crippen LogP contribution < -0.4 is 10.2 Å². The van der Waals surface area contributed by atoms with E-state index >= 15 is 0 Å². The van der Waals surface area contributed by atoms with E-state index < -0.39 is 0 Å². The molecule has 1 saturated heterocycles. The van der Waals surface area contributed by atoms with Gasteiger partial charge in [0, 0.05) is 45.0 Å². The van der Waals surface area contributed by atoms with Crippen molar-refractivity contribution in [3.05, 3.63) is 40.3 Å². The quantitative estimate of drug-likeness (QED) is 0.899. The Morgan fingerprint density at radius 1 is 1.12 bits per heavy atom. The first-order chi connectivity index (χ1) is 11.6. The Labute approximate surface area is 149 Å². The van der Waals surface area contributed by atoms with Gasteiger partial charge in [-0.05, 0) is 31.4 Å². The number of aromatic nitrogens is 3. The van der Waals surface area contributed by atoms with E-state index in [1.807, 2.05) is 20.2 Å². The van der Waals surface area contributed by atoms with E-state index in [-0.39, 0.29) is 0 Å². The van der Waals surface area contributed by atoms with E-state index in [1.54, 1.807) is 4.68 Å². The Hall–Kier alpha value is -1.59. The topological polar surface area (TPSA) is 46.0 Å². The number of hydrogen-bond donors (Lipinski definition) is 1. The normalized spacial score (nSPS) is 15.5. The van der Waals surface area contributed by atoms with Crippen molar-refractivity contribution in [2.75, 3.05) is 18.0 Å². The van der Waals surface area contributed by atoms with E-state index in [0.29, 0.717) is 11.7 Å². The number of halogens is 1. The third kappa shape index (κ3) is 4.08. The molecule has 0 bridgehead atoms. The molecule has 1 fully saturated rings. The molecule has 2 aromatic heterocycles. The number of aryl methyl sites for hydroxylation is 2. The van der Waals surface area contributed by atoms with Crippen molar-refractivity contribution >= 4 is 17.4 Å². The third-order valence-electron chi connectivity index (χ3n) is 4.64. The molecule has 0 amide bonds. The molecule has 0 saturated carbocycles. The summed E-state index contributed by atoms with van der Waals surface area (Å²) in [6.45, 7) is 5.73. The average molecular weight is 348 g/mol. The van der Waals surface area contributed by atoms with Gasteiger partial charge in [-0.25, -0.2) is 4.98 Å². The van der Waals surface area contributed by atoms with E-state index in [0.717, 1.165) is 36.7 Å². The second kappa shape index (κ2) is 7.99. The highest BCUT2D eigenvalue weighted by Gasteiger charge is 2.12. The van der Waals surface area contributed by atoms with E-state index in [1.165, 1.54) is 31.2 Å². The molecule has 1 N–H and O–H groups in total. The summed E-state index contributed by atoms with van der Waals surface area (Å²) in [7, 11) is 1.87. The molecule has 0 radical (unpaired) electrons. The highest BCUT2D eigenvalue weighted by atomic mass is 35.5. The first kappa shape index (κ1) is 17.2. The molecule has 3 rings (SSSR count). The SMILES string of the molecule is Cc1nn(C)c(Cl)c1CNCc1ccc(N2CCCCCC2)nc1. The zero-order chi connectivity index (χ0) is 16.9. The van der Waals surface area contributed by atoms with Crippen molar-refractivity contribution in [3.8, 4) is 0 Å². The zero-order valence-electron chi connectivity index (χ0n) is 14.6. The van der Waals surface area contributed by atoms with Crippen LogP contribution in [0.1, 0.15) is 42.5 Å². The summed E-state index contributed by atoms with van der Waals surface area (Å²) in [6.07, 6.45) is 7.21. The molecule has 0 aliphatic carbocycles. The first-order valence-electron chi connectivity index (χ1n) is 8.73. The minimum absolute atomic E-state index is 0.703. The summed E-state index contributed by atoms with van der Waals surface area (Å²) in [5, 5.41) is 8.47. The molecular formula is C18H26ClN5. The lowest BCUT2D eigenvalue weighted by atomic mass is 10.2. The molecule has 3 heterocycles. The van der Waals surface area contributed by atoms with Crippen LogP contribution in [0.25, 0.3) is 0 Å². The highest BCUT2D eigenvalue weighted by molar-refractivity contribution is 6.30. The minimum atomic E-state index is 0.703. The van der Waals surface area contributed by atoms with Gasteiger partial charge in [-0.2, -0.15) is 5.10 Å². The van der Waals surface area contributed by atoms with Crippen LogP contribution in [0, 0.1) is 6.92 Å². The van der Waals surface area contributed by atoms with Crippen molar-refractivity contribution < 1.29 is 0 Å². The van der Waals surface area contributed by atoms with Gasteiger partial charge in [-0.15, -0.1) is 0 Å². The van der Waals surface area contributed by atoms with Crippen LogP contribution in [0.3, 0.4) is 0 Å². The van der Waals surface area contributed by atoms with Crippen molar-refractivity contribution in [2.45, 2.75) is 45.7 Å². The lowest BCUT2D eigenvalue weighted by molar-refractivity contribution is 0.687. The summed E-state index contributed by atoms with van der Waals surface area (Å²) in [6, 6.07) is 4.31. The van der Waals surface area contributed by atoms with Crippen molar-refractivity contribution in [1.82, 2.24) is 20.1 Å². The fourth-order valence-electron chi connectivity index (χ4n) is 3.21. The van der Waals surface area contributed by atoms with Gasteiger partial charge in [-0.1, -0.05) is 30.5 Å². The van der Waals surface area contributed by atoms with Crippen LogP contribution in [0.4, 0.5) is 5.82 Å². The number of hydrogen-bond acceptors (Lipinski definition) is 4. The molecular weight excluding hydrogens is 322 g/mol. The predicted octanol–water partition coefficient (Wildman–Crippen LogP) is 3.45. The van der Waals surface area contributed by atoms with Gasteiger partial charge in [-0.3, -0.25) is 4.68 Å². The second-order valence-corrected chi connectivity index (χ2v) is 6.87. The highest BCUT2D eigenvalue weighted by Crippen LogP contribution is 2.19. The first-order valence-corrected chi connectivity index (χ1v) is 9.11. The average Bonchev–Trinajstić information content (AvgIpc) is 2.80. The smallest absolute Gasteiger partial charge is 0.131 e. The molecule has 0 spiro atoms. The van der Waals surface area contributed by atoms with Crippen molar-refractivity contribution in [2.24, 2.45) is 7.05 Å². The molecule has 0 aromatic carbocycles. The molecule has 24 heavy (non-hydrogen) atoms. The van der Waals surface area contributed by atoms with Crippen LogP contribution in [0.5, 0.6) is 0 Å². The molecule has 5 nitrogen and oxygen atoms in total. The number of nitrogens with zero attached hydrogens (tertiary/aromatic N) is 4. The van der Waals surface area contributed by atoms with Crippen LogP contribution in [0.15, 0.2) is 18.3 Å². The molecule has 6 heteroatoms. The van der Waals surface area contributed by atoms with Gasteiger partial charge in [0.1, 0.15) is 11.0 Å². The fraction of sp³-hybridized carbons (Fsp3) is 0.556. The maximum absolute atomic E-state index is 6.26. The van der Waals surface area contributed by atoms with Gasteiger partial charge < -0.3 is 10.2 Å². The Bertz CT molecular complexity index is 657. The summed E-state index contributed by atoms with van der Waals surface area (Å²) in [4.78, 5) is 7.06. The number of anilines is 1.